The van der Waals surface area contributed by atoms with Crippen molar-refractivity contribution in [3.8, 4) is 0 Å². The van der Waals surface area contributed by atoms with Crippen LogP contribution in [-0.2, 0) is 16.1 Å². The van der Waals surface area contributed by atoms with E-state index in [0.29, 0.717) is 12.1 Å². The monoisotopic (exact) mass is 431 g/mol. The molecule has 0 saturated carbocycles. The molecule has 2 atom stereocenters. The largest absolute Gasteiger partial charge is 0.482 e. The average Bonchev–Trinajstić information content (AvgIpc) is 3.14. The predicted molar refractivity (Wildman–Crippen MR) is 110 cm³/mol. The molecule has 1 saturated heterocycles. The van der Waals surface area contributed by atoms with Gasteiger partial charge in [-0.3, -0.25) is 10.2 Å². The van der Waals surface area contributed by atoms with E-state index in [4.69, 9.17) is 10.1 Å². The molecule has 0 amide bonds. The molecular formula is C21H23F2N5O3. The number of anilines is 1. The molecule has 0 bridgehead atoms. The molecule has 1 fully saturated rings. The molecule has 2 unspecified atom stereocenters. The van der Waals surface area contributed by atoms with Crippen molar-refractivity contribution in [2.24, 2.45) is 11.8 Å². The average molecular weight is 431 g/mol. The first-order valence-electron chi connectivity index (χ1n) is 9.62. The Morgan fingerprint density at radius 2 is 2.10 bits per heavy atom. The van der Waals surface area contributed by atoms with Crippen molar-refractivity contribution in [2.45, 2.75) is 13.5 Å². The number of halogens is 2. The lowest BCUT2D eigenvalue weighted by atomic mass is 9.99. The SMILES string of the molecule is CO/C(=C/C(=N)c1ncc(F)c(N2CC(C)C(C(=O)O)C2)n1)NCc1ccccc1F. The highest BCUT2D eigenvalue weighted by atomic mass is 19.1. The lowest BCUT2D eigenvalue weighted by Gasteiger charge is -2.18. The Bertz CT molecular complexity index is 1010. The van der Waals surface area contributed by atoms with Crippen LogP contribution in [0, 0.1) is 28.9 Å². The van der Waals surface area contributed by atoms with E-state index in [0.717, 1.165) is 6.20 Å². The molecule has 1 aromatic carbocycles. The predicted octanol–water partition coefficient (Wildman–Crippen LogP) is 2.56. The van der Waals surface area contributed by atoms with Gasteiger partial charge >= 0.3 is 5.97 Å². The molecule has 2 aromatic rings. The van der Waals surface area contributed by atoms with Crippen molar-refractivity contribution in [1.82, 2.24) is 15.3 Å². The van der Waals surface area contributed by atoms with Crippen LogP contribution >= 0.6 is 0 Å². The summed E-state index contributed by atoms with van der Waals surface area (Å²) >= 11 is 0. The molecule has 8 nitrogen and oxygen atoms in total. The molecule has 164 valence electrons. The summed E-state index contributed by atoms with van der Waals surface area (Å²) < 4.78 is 33.3. The van der Waals surface area contributed by atoms with Crippen molar-refractivity contribution in [2.75, 3.05) is 25.1 Å². The molecule has 3 N–H and O–H groups in total. The van der Waals surface area contributed by atoms with E-state index in [1.54, 1.807) is 30.0 Å². The van der Waals surface area contributed by atoms with Crippen LogP contribution < -0.4 is 10.2 Å². The molecule has 1 aliphatic rings. The second-order valence-corrected chi connectivity index (χ2v) is 7.26. The number of benzene rings is 1. The Morgan fingerprint density at radius 3 is 2.74 bits per heavy atom. The van der Waals surface area contributed by atoms with Crippen molar-refractivity contribution in [1.29, 1.82) is 5.41 Å². The third-order valence-electron chi connectivity index (χ3n) is 5.10. The zero-order valence-electron chi connectivity index (χ0n) is 17.1. The Morgan fingerprint density at radius 1 is 1.35 bits per heavy atom. The van der Waals surface area contributed by atoms with Crippen LogP contribution in [0.1, 0.15) is 18.3 Å². The molecule has 0 spiro atoms. The Kier molecular flexibility index (Phi) is 6.78. The smallest absolute Gasteiger partial charge is 0.308 e. The number of methoxy groups -OCH3 is 1. The van der Waals surface area contributed by atoms with E-state index in [1.165, 1.54) is 19.3 Å². The summed E-state index contributed by atoms with van der Waals surface area (Å²) in [7, 11) is 1.39. The lowest BCUT2D eigenvalue weighted by Crippen LogP contribution is -2.25. The van der Waals surface area contributed by atoms with Crippen LogP contribution in [0.3, 0.4) is 0 Å². The highest BCUT2D eigenvalue weighted by molar-refractivity contribution is 6.04. The van der Waals surface area contributed by atoms with Crippen LogP contribution in [0.4, 0.5) is 14.6 Å². The van der Waals surface area contributed by atoms with Crippen LogP contribution in [0.15, 0.2) is 42.4 Å². The molecule has 2 heterocycles. The zero-order valence-corrected chi connectivity index (χ0v) is 17.1. The number of nitrogens with zero attached hydrogens (tertiary/aromatic N) is 3. The molecular weight excluding hydrogens is 408 g/mol. The quantitative estimate of drug-likeness (QED) is 0.435. The number of carboxylic acids is 1. The van der Waals surface area contributed by atoms with Crippen molar-refractivity contribution in [3.63, 3.8) is 0 Å². The Balaban J connectivity index is 1.76. The van der Waals surface area contributed by atoms with Gasteiger partial charge in [-0.25, -0.2) is 18.7 Å². The fraction of sp³-hybridized carbons (Fsp3) is 0.333. The van der Waals surface area contributed by atoms with Crippen LogP contribution in [0.25, 0.3) is 0 Å². The molecule has 10 heteroatoms. The van der Waals surface area contributed by atoms with Crippen molar-refractivity contribution >= 4 is 17.5 Å². The summed E-state index contributed by atoms with van der Waals surface area (Å²) in [6.45, 7) is 2.38. The number of hydrogen-bond donors (Lipinski definition) is 3. The number of nitrogens with one attached hydrogen (secondary N) is 2. The minimum atomic E-state index is -0.939. The third kappa shape index (κ3) is 5.14. The lowest BCUT2D eigenvalue weighted by molar-refractivity contribution is -0.142. The summed E-state index contributed by atoms with van der Waals surface area (Å²) in [5, 5.41) is 20.4. The standard InChI is InChI=1S/C21H23F2N5O3/c1-12-10-28(11-14(12)21(29)30)20-16(23)9-26-19(27-20)17(24)7-18(31-2)25-8-13-5-3-4-6-15(13)22/h3-7,9,12,14,24-25H,8,10-11H2,1-2H3,(H,29,30)/b18-7+,24-17?. The maximum absolute atomic E-state index is 14.3. The van der Waals surface area contributed by atoms with Crippen molar-refractivity contribution in [3.05, 3.63) is 65.4 Å². The minimum Gasteiger partial charge on any atom is -0.482 e. The van der Waals surface area contributed by atoms with Gasteiger partial charge in [0, 0.05) is 31.3 Å². The fourth-order valence-electron chi connectivity index (χ4n) is 3.37. The second-order valence-electron chi connectivity index (χ2n) is 7.26. The first-order chi connectivity index (χ1) is 14.8. The molecule has 1 aliphatic heterocycles. The van der Waals surface area contributed by atoms with E-state index in [2.05, 4.69) is 15.3 Å². The highest BCUT2D eigenvalue weighted by Crippen LogP contribution is 2.28. The molecule has 0 aliphatic carbocycles. The first-order valence-corrected chi connectivity index (χ1v) is 9.62. The van der Waals surface area contributed by atoms with Gasteiger partial charge in [0.05, 0.1) is 19.2 Å². The van der Waals surface area contributed by atoms with Gasteiger partial charge < -0.3 is 20.1 Å². The number of carbonyl (C=O) groups is 1. The van der Waals surface area contributed by atoms with Gasteiger partial charge in [0.15, 0.2) is 23.3 Å². The molecule has 3 rings (SSSR count). The number of carboxylic acid groups (broad SMARTS) is 1. The minimum absolute atomic E-state index is 0.0444. The number of aliphatic carboxylic acids is 1. The number of rotatable bonds is 8. The van der Waals surface area contributed by atoms with Gasteiger partial charge in [-0.05, 0) is 12.0 Å². The number of allylic oxidation sites excluding steroid dienone is 1. The maximum atomic E-state index is 14.3. The number of hydrogen-bond acceptors (Lipinski definition) is 7. The van der Waals surface area contributed by atoms with E-state index in [1.807, 2.05) is 0 Å². The van der Waals surface area contributed by atoms with Crippen LogP contribution in [0.5, 0.6) is 0 Å². The van der Waals surface area contributed by atoms with E-state index < -0.39 is 17.7 Å². The van der Waals surface area contributed by atoms with E-state index >= 15 is 0 Å². The van der Waals surface area contributed by atoms with E-state index in [9.17, 15) is 18.7 Å². The van der Waals surface area contributed by atoms with Gasteiger partial charge in [-0.1, -0.05) is 25.1 Å². The maximum Gasteiger partial charge on any atom is 0.308 e. The van der Waals surface area contributed by atoms with E-state index in [-0.39, 0.29) is 48.1 Å². The topological polar surface area (TPSA) is 111 Å². The van der Waals surface area contributed by atoms with Crippen LogP contribution in [-0.4, -0.2) is 47.0 Å². The second kappa shape index (κ2) is 9.50. The van der Waals surface area contributed by atoms with Gasteiger partial charge in [-0.2, -0.15) is 0 Å². The zero-order chi connectivity index (χ0) is 22.5. The summed E-state index contributed by atoms with van der Waals surface area (Å²) in [4.78, 5) is 20.9. The fourth-order valence-corrected chi connectivity index (χ4v) is 3.37. The Hall–Kier alpha value is -3.56. The number of ether oxygens (including phenoxy) is 1. The molecule has 0 radical (unpaired) electrons. The number of aromatic nitrogens is 2. The summed E-state index contributed by atoms with van der Waals surface area (Å²) in [6.07, 6.45) is 2.27. The van der Waals surface area contributed by atoms with Gasteiger partial charge in [0.2, 0.25) is 0 Å². The van der Waals surface area contributed by atoms with Crippen LogP contribution in [0.2, 0.25) is 0 Å². The highest BCUT2D eigenvalue weighted by Gasteiger charge is 2.36. The van der Waals surface area contributed by atoms with Gasteiger partial charge in [0.25, 0.3) is 0 Å². The molecule has 31 heavy (non-hydrogen) atoms. The Labute approximate surface area is 178 Å². The third-order valence-corrected chi connectivity index (χ3v) is 5.10. The summed E-state index contributed by atoms with van der Waals surface area (Å²) in [6, 6.07) is 6.26. The first kappa shape index (κ1) is 22.1. The van der Waals surface area contributed by atoms with Gasteiger partial charge in [0.1, 0.15) is 11.5 Å². The normalized spacial score (nSPS) is 18.7. The molecule has 1 aromatic heterocycles. The van der Waals surface area contributed by atoms with Gasteiger partial charge in [-0.15, -0.1) is 0 Å². The van der Waals surface area contributed by atoms with Crippen molar-refractivity contribution < 1.29 is 23.4 Å². The summed E-state index contributed by atoms with van der Waals surface area (Å²) in [5.41, 5.74) is 0.273. The summed E-state index contributed by atoms with van der Waals surface area (Å²) in [5.74, 6) is -2.70.